The predicted octanol–water partition coefficient (Wildman–Crippen LogP) is 2.92. The number of rotatable bonds is 8. The van der Waals surface area contributed by atoms with Crippen molar-refractivity contribution in [2.24, 2.45) is 0 Å². The first-order valence-electron chi connectivity index (χ1n) is 8.26. The van der Waals surface area contributed by atoms with E-state index >= 15 is 0 Å². The van der Waals surface area contributed by atoms with Crippen molar-refractivity contribution in [2.75, 3.05) is 19.5 Å². The van der Waals surface area contributed by atoms with Crippen molar-refractivity contribution in [3.8, 4) is 5.75 Å². The zero-order valence-corrected chi connectivity index (χ0v) is 15.9. The van der Waals surface area contributed by atoms with Crippen LogP contribution in [0.4, 0.5) is 4.39 Å². The standard InChI is InChI=1S/C19H21FN2O4S/c1-3-26-11-14-10-13(8-9-16(14)25-2)19(24)22-21-18(23)12-27-17-7-5-4-6-15(17)20/h4-10H,3,11-12H2,1-2H3,(H,21,23)(H,22,24). The van der Waals surface area contributed by atoms with Crippen LogP contribution in [0.25, 0.3) is 0 Å². The zero-order chi connectivity index (χ0) is 19.6. The SMILES string of the molecule is CCOCc1cc(C(=O)NNC(=O)CSc2ccccc2F)ccc1OC. The maximum Gasteiger partial charge on any atom is 0.269 e. The molecule has 2 amide bonds. The molecule has 0 radical (unpaired) electrons. The van der Waals surface area contributed by atoms with Crippen molar-refractivity contribution in [1.29, 1.82) is 0 Å². The number of benzene rings is 2. The van der Waals surface area contributed by atoms with Gasteiger partial charge in [0.15, 0.2) is 0 Å². The molecule has 2 N–H and O–H groups in total. The van der Waals surface area contributed by atoms with Gasteiger partial charge in [-0.15, -0.1) is 11.8 Å². The van der Waals surface area contributed by atoms with E-state index in [-0.39, 0.29) is 11.6 Å². The third-order valence-electron chi connectivity index (χ3n) is 3.52. The van der Waals surface area contributed by atoms with Crippen LogP contribution in [-0.2, 0) is 16.1 Å². The molecule has 6 nitrogen and oxygen atoms in total. The van der Waals surface area contributed by atoms with E-state index in [9.17, 15) is 14.0 Å². The van der Waals surface area contributed by atoms with Gasteiger partial charge in [0.1, 0.15) is 11.6 Å². The van der Waals surface area contributed by atoms with Gasteiger partial charge in [0.2, 0.25) is 5.91 Å². The van der Waals surface area contributed by atoms with Crippen LogP contribution in [-0.4, -0.2) is 31.3 Å². The van der Waals surface area contributed by atoms with Crippen molar-refractivity contribution in [3.05, 3.63) is 59.4 Å². The Morgan fingerprint density at radius 1 is 1.15 bits per heavy atom. The van der Waals surface area contributed by atoms with Crippen LogP contribution in [0.3, 0.4) is 0 Å². The number of carbonyl (C=O) groups excluding carboxylic acids is 2. The quantitative estimate of drug-likeness (QED) is 0.534. The second kappa shape index (κ2) is 10.5. The van der Waals surface area contributed by atoms with Gasteiger partial charge in [-0.1, -0.05) is 12.1 Å². The monoisotopic (exact) mass is 392 g/mol. The lowest BCUT2D eigenvalue weighted by molar-refractivity contribution is -0.119. The minimum atomic E-state index is -0.473. The Hall–Kier alpha value is -2.58. The van der Waals surface area contributed by atoms with E-state index in [1.807, 2.05) is 6.92 Å². The van der Waals surface area contributed by atoms with E-state index in [0.717, 1.165) is 17.3 Å². The number of thioether (sulfide) groups is 1. The third kappa shape index (κ3) is 6.26. The fourth-order valence-corrected chi connectivity index (χ4v) is 2.92. The number of carbonyl (C=O) groups is 2. The van der Waals surface area contributed by atoms with Crippen molar-refractivity contribution in [2.45, 2.75) is 18.4 Å². The number of methoxy groups -OCH3 is 1. The molecule has 0 aliphatic carbocycles. The van der Waals surface area contributed by atoms with Gasteiger partial charge in [0.25, 0.3) is 5.91 Å². The summed E-state index contributed by atoms with van der Waals surface area (Å²) in [5.41, 5.74) is 5.75. The molecule has 2 rings (SSSR count). The molecule has 0 atom stereocenters. The molecule has 27 heavy (non-hydrogen) atoms. The Kier molecular flexibility index (Phi) is 8.09. The summed E-state index contributed by atoms with van der Waals surface area (Å²) in [6.45, 7) is 2.72. The maximum atomic E-state index is 13.5. The average Bonchev–Trinajstić information content (AvgIpc) is 2.69. The van der Waals surface area contributed by atoms with Crippen molar-refractivity contribution in [3.63, 3.8) is 0 Å². The molecule has 0 spiro atoms. The molecule has 2 aromatic rings. The van der Waals surface area contributed by atoms with Crippen LogP contribution in [0.15, 0.2) is 47.4 Å². The summed E-state index contributed by atoms with van der Waals surface area (Å²) in [5.74, 6) is -0.719. The number of hydrazine groups is 1. The van der Waals surface area contributed by atoms with Crippen LogP contribution in [0, 0.1) is 5.82 Å². The summed E-state index contributed by atoms with van der Waals surface area (Å²) in [6.07, 6.45) is 0. The van der Waals surface area contributed by atoms with Crippen LogP contribution >= 0.6 is 11.8 Å². The first kappa shape index (κ1) is 20.7. The van der Waals surface area contributed by atoms with Crippen LogP contribution in [0.2, 0.25) is 0 Å². The minimum Gasteiger partial charge on any atom is -0.496 e. The molecule has 0 heterocycles. The number of hydrogen-bond donors (Lipinski definition) is 2. The number of amides is 2. The Morgan fingerprint density at radius 3 is 2.63 bits per heavy atom. The van der Waals surface area contributed by atoms with Crippen molar-refractivity contribution in [1.82, 2.24) is 10.9 Å². The van der Waals surface area contributed by atoms with Gasteiger partial charge in [-0.3, -0.25) is 20.4 Å². The van der Waals surface area contributed by atoms with Crippen molar-refractivity contribution < 1.29 is 23.5 Å². The van der Waals surface area contributed by atoms with Gasteiger partial charge < -0.3 is 9.47 Å². The Balaban J connectivity index is 1.89. The van der Waals surface area contributed by atoms with E-state index in [1.54, 1.807) is 36.4 Å². The molecule has 0 saturated carbocycles. The maximum absolute atomic E-state index is 13.5. The highest BCUT2D eigenvalue weighted by atomic mass is 32.2. The summed E-state index contributed by atoms with van der Waals surface area (Å²) >= 11 is 1.05. The topological polar surface area (TPSA) is 76.7 Å². The zero-order valence-electron chi connectivity index (χ0n) is 15.1. The van der Waals surface area contributed by atoms with Crippen LogP contribution < -0.4 is 15.6 Å². The molecule has 0 saturated heterocycles. The molecule has 0 aromatic heterocycles. The van der Waals surface area contributed by atoms with E-state index < -0.39 is 11.8 Å². The highest BCUT2D eigenvalue weighted by molar-refractivity contribution is 8.00. The summed E-state index contributed by atoms with van der Waals surface area (Å²) in [4.78, 5) is 24.5. The van der Waals surface area contributed by atoms with E-state index in [0.29, 0.717) is 29.4 Å². The normalized spacial score (nSPS) is 10.3. The molecule has 0 aliphatic rings. The first-order chi connectivity index (χ1) is 13.0. The molecule has 0 aliphatic heterocycles. The van der Waals surface area contributed by atoms with Gasteiger partial charge in [-0.25, -0.2) is 4.39 Å². The fourth-order valence-electron chi connectivity index (χ4n) is 2.18. The smallest absolute Gasteiger partial charge is 0.269 e. The lowest BCUT2D eigenvalue weighted by atomic mass is 10.1. The number of halogens is 1. The van der Waals surface area contributed by atoms with Crippen LogP contribution in [0.5, 0.6) is 5.75 Å². The largest absolute Gasteiger partial charge is 0.496 e. The molecular formula is C19H21FN2O4S. The average molecular weight is 392 g/mol. The van der Waals surface area contributed by atoms with E-state index in [4.69, 9.17) is 9.47 Å². The lowest BCUT2D eigenvalue weighted by Gasteiger charge is -2.11. The highest BCUT2D eigenvalue weighted by Crippen LogP contribution is 2.21. The Bertz CT molecular complexity index is 801. The summed E-state index contributed by atoms with van der Waals surface area (Å²) in [6, 6.07) is 11.1. The molecule has 144 valence electrons. The minimum absolute atomic E-state index is 0.0284. The number of hydrogen-bond acceptors (Lipinski definition) is 5. The van der Waals surface area contributed by atoms with E-state index in [1.165, 1.54) is 13.2 Å². The van der Waals surface area contributed by atoms with Crippen molar-refractivity contribution >= 4 is 23.6 Å². The number of nitrogens with one attached hydrogen (secondary N) is 2. The van der Waals surface area contributed by atoms with Crippen LogP contribution in [0.1, 0.15) is 22.8 Å². The first-order valence-corrected chi connectivity index (χ1v) is 9.24. The Morgan fingerprint density at radius 2 is 1.93 bits per heavy atom. The highest BCUT2D eigenvalue weighted by Gasteiger charge is 2.12. The second-order valence-electron chi connectivity index (χ2n) is 5.39. The summed E-state index contributed by atoms with van der Waals surface area (Å²) in [7, 11) is 1.54. The predicted molar refractivity (Wildman–Crippen MR) is 101 cm³/mol. The van der Waals surface area contributed by atoms with Gasteiger partial charge in [-0.05, 0) is 37.3 Å². The van der Waals surface area contributed by atoms with Gasteiger partial charge in [0, 0.05) is 22.6 Å². The Labute approximate surface area is 161 Å². The fraction of sp³-hybridized carbons (Fsp3) is 0.263. The van der Waals surface area contributed by atoms with Gasteiger partial charge in [0.05, 0.1) is 19.5 Å². The molecule has 0 unspecified atom stereocenters. The molecule has 0 bridgehead atoms. The van der Waals surface area contributed by atoms with Gasteiger partial charge in [-0.2, -0.15) is 0 Å². The van der Waals surface area contributed by atoms with Gasteiger partial charge >= 0.3 is 0 Å². The summed E-state index contributed by atoms with van der Waals surface area (Å²) < 4.78 is 24.1. The second-order valence-corrected chi connectivity index (χ2v) is 6.40. The third-order valence-corrected chi connectivity index (χ3v) is 4.56. The summed E-state index contributed by atoms with van der Waals surface area (Å²) in [5, 5.41) is 0. The molecule has 2 aromatic carbocycles. The number of ether oxygens (including phenoxy) is 2. The molecule has 0 fully saturated rings. The molecular weight excluding hydrogens is 371 g/mol. The molecule has 8 heteroatoms. The lowest BCUT2D eigenvalue weighted by Crippen LogP contribution is -2.42. The van der Waals surface area contributed by atoms with E-state index in [2.05, 4.69) is 10.9 Å².